The quantitative estimate of drug-likeness (QED) is 0.648. The largest absolute Gasteiger partial charge is 0.454 e. The van der Waals surface area contributed by atoms with E-state index in [1.54, 1.807) is 0 Å². The molecule has 0 saturated carbocycles. The molecule has 0 aliphatic carbocycles. The van der Waals surface area contributed by atoms with Gasteiger partial charge in [0.15, 0.2) is 16.3 Å². The van der Waals surface area contributed by atoms with Gasteiger partial charge in [0.1, 0.15) is 0 Å². The second-order valence-corrected chi connectivity index (χ2v) is 7.45. The van der Waals surface area contributed by atoms with Gasteiger partial charge in [-0.2, -0.15) is 4.99 Å². The monoisotopic (exact) mass is 418 g/mol. The van der Waals surface area contributed by atoms with Crippen molar-refractivity contribution in [3.8, 4) is 11.5 Å². The van der Waals surface area contributed by atoms with Crippen molar-refractivity contribution in [2.24, 2.45) is 4.99 Å². The minimum atomic E-state index is -0.177. The summed E-state index contributed by atoms with van der Waals surface area (Å²) in [5.74, 6) is 1.22. The van der Waals surface area contributed by atoms with Crippen LogP contribution >= 0.6 is 27.3 Å². The number of carbonyl (C=O) groups excluding carboxylic acids is 1. The van der Waals surface area contributed by atoms with E-state index in [4.69, 9.17) is 9.47 Å². The van der Waals surface area contributed by atoms with Crippen LogP contribution in [0.15, 0.2) is 45.9 Å². The van der Waals surface area contributed by atoms with Crippen molar-refractivity contribution in [3.63, 3.8) is 0 Å². The topological polar surface area (TPSA) is 52.8 Å². The summed E-state index contributed by atoms with van der Waals surface area (Å²) >= 11 is 5.11. The van der Waals surface area contributed by atoms with Crippen LogP contribution in [0.2, 0.25) is 0 Å². The van der Waals surface area contributed by atoms with Crippen molar-refractivity contribution in [2.45, 2.75) is 19.9 Å². The number of ether oxygens (including phenoxy) is 2. The number of fused-ring (bicyclic) bond motifs is 2. The Morgan fingerprint density at radius 3 is 2.96 bits per heavy atom. The highest BCUT2D eigenvalue weighted by Gasteiger charge is 2.15. The Bertz CT molecular complexity index is 1040. The van der Waals surface area contributed by atoms with Crippen LogP contribution in [0.25, 0.3) is 10.2 Å². The zero-order valence-electron chi connectivity index (χ0n) is 13.5. The Kier molecular flexibility index (Phi) is 4.35. The number of rotatable bonds is 3. The van der Waals surface area contributed by atoms with Gasteiger partial charge in [-0.25, -0.2) is 0 Å². The molecule has 7 heteroatoms. The number of halogens is 1. The summed E-state index contributed by atoms with van der Waals surface area (Å²) in [4.78, 5) is 17.5. The smallest absolute Gasteiger partial charge is 0.252 e. The maximum atomic E-state index is 12.5. The number of benzene rings is 2. The molecule has 2 aromatic carbocycles. The number of carbonyl (C=O) groups is 1. The van der Waals surface area contributed by atoms with E-state index in [-0.39, 0.29) is 19.1 Å². The summed E-state index contributed by atoms with van der Waals surface area (Å²) in [6.07, 6.45) is 0.232. The molecule has 0 spiro atoms. The van der Waals surface area contributed by atoms with E-state index in [0.717, 1.165) is 31.6 Å². The molecule has 0 radical (unpaired) electrons. The summed E-state index contributed by atoms with van der Waals surface area (Å²) in [5, 5.41) is 0. The fourth-order valence-electron chi connectivity index (χ4n) is 2.84. The van der Waals surface area contributed by atoms with E-state index in [1.165, 1.54) is 11.3 Å². The molecule has 0 atom stereocenters. The predicted molar refractivity (Wildman–Crippen MR) is 100 cm³/mol. The molecule has 2 heterocycles. The summed E-state index contributed by atoms with van der Waals surface area (Å²) in [6.45, 7) is 3.02. The minimum Gasteiger partial charge on any atom is -0.454 e. The van der Waals surface area contributed by atoms with E-state index in [1.807, 2.05) is 43.3 Å². The van der Waals surface area contributed by atoms with Crippen LogP contribution in [-0.4, -0.2) is 17.3 Å². The van der Waals surface area contributed by atoms with E-state index in [9.17, 15) is 4.79 Å². The third kappa shape index (κ3) is 3.09. The van der Waals surface area contributed by atoms with Crippen LogP contribution in [0.5, 0.6) is 11.5 Å². The molecule has 128 valence electrons. The number of hydrogen-bond acceptors (Lipinski definition) is 4. The van der Waals surface area contributed by atoms with Crippen LogP contribution < -0.4 is 14.3 Å². The molecule has 4 rings (SSSR count). The van der Waals surface area contributed by atoms with Crippen molar-refractivity contribution >= 4 is 43.4 Å². The van der Waals surface area contributed by atoms with Gasteiger partial charge in [0.05, 0.1) is 16.6 Å². The second-order valence-electron chi connectivity index (χ2n) is 5.59. The molecular formula is C18H15BrN2O3S. The lowest BCUT2D eigenvalue weighted by Crippen LogP contribution is -2.16. The number of hydrogen-bond donors (Lipinski definition) is 0. The van der Waals surface area contributed by atoms with Gasteiger partial charge in [-0.15, -0.1) is 0 Å². The third-order valence-electron chi connectivity index (χ3n) is 3.98. The molecule has 5 nitrogen and oxygen atoms in total. The number of amides is 1. The molecule has 1 amide bonds. The first-order valence-corrected chi connectivity index (χ1v) is 9.50. The zero-order valence-corrected chi connectivity index (χ0v) is 15.9. The van der Waals surface area contributed by atoms with Crippen molar-refractivity contribution in [3.05, 3.63) is 51.2 Å². The number of nitrogens with zero attached hydrogens (tertiary/aromatic N) is 2. The molecule has 25 heavy (non-hydrogen) atoms. The SMILES string of the molecule is CCn1c(=NC(=O)Cc2ccc3c(c2)OCO3)sc2cccc(Br)c21. The average Bonchev–Trinajstić information content (AvgIpc) is 3.18. The van der Waals surface area contributed by atoms with Crippen LogP contribution in [0.3, 0.4) is 0 Å². The van der Waals surface area contributed by atoms with Crippen LogP contribution in [0.4, 0.5) is 0 Å². The molecule has 1 aliphatic rings. The predicted octanol–water partition coefficient (Wildman–Crippen LogP) is 3.88. The van der Waals surface area contributed by atoms with Crippen molar-refractivity contribution in [1.29, 1.82) is 0 Å². The third-order valence-corrected chi connectivity index (χ3v) is 5.66. The van der Waals surface area contributed by atoms with Crippen LogP contribution in [0.1, 0.15) is 12.5 Å². The summed E-state index contributed by atoms with van der Waals surface area (Å²) in [7, 11) is 0. The van der Waals surface area contributed by atoms with E-state index < -0.39 is 0 Å². The van der Waals surface area contributed by atoms with Crippen LogP contribution in [0, 0.1) is 0 Å². The molecular weight excluding hydrogens is 404 g/mol. The van der Waals surface area contributed by atoms with Gasteiger partial charge in [-0.05, 0) is 52.7 Å². The zero-order chi connectivity index (χ0) is 17.4. The Balaban J connectivity index is 1.67. The first kappa shape index (κ1) is 16.4. The molecule has 1 aromatic heterocycles. The van der Waals surface area contributed by atoms with E-state index in [0.29, 0.717) is 11.5 Å². The lowest BCUT2D eigenvalue weighted by Gasteiger charge is -2.02. The van der Waals surface area contributed by atoms with Gasteiger partial charge in [0.25, 0.3) is 5.91 Å². The molecule has 0 fully saturated rings. The molecule has 0 bridgehead atoms. The van der Waals surface area contributed by atoms with Crippen LogP contribution in [-0.2, 0) is 17.8 Å². The highest BCUT2D eigenvalue weighted by atomic mass is 79.9. The fourth-order valence-corrected chi connectivity index (χ4v) is 4.69. The first-order chi connectivity index (χ1) is 12.2. The maximum Gasteiger partial charge on any atom is 0.252 e. The molecule has 3 aromatic rings. The van der Waals surface area contributed by atoms with Crippen molar-refractivity contribution in [1.82, 2.24) is 4.57 Å². The fraction of sp³-hybridized carbons (Fsp3) is 0.222. The van der Waals surface area contributed by atoms with Gasteiger partial charge in [-0.3, -0.25) is 4.79 Å². The van der Waals surface area contributed by atoms with Gasteiger partial charge >= 0.3 is 0 Å². The highest BCUT2D eigenvalue weighted by molar-refractivity contribution is 9.10. The Morgan fingerprint density at radius 1 is 1.28 bits per heavy atom. The minimum absolute atomic E-state index is 0.177. The van der Waals surface area contributed by atoms with E-state index >= 15 is 0 Å². The lowest BCUT2D eigenvalue weighted by molar-refractivity contribution is -0.117. The molecule has 0 saturated heterocycles. The maximum absolute atomic E-state index is 12.5. The normalized spacial score (nSPS) is 13.6. The number of aryl methyl sites for hydroxylation is 1. The average molecular weight is 419 g/mol. The standard InChI is InChI=1S/C18H15BrN2O3S/c1-2-21-17-12(19)4-3-5-15(17)25-18(21)20-16(22)9-11-6-7-13-14(8-11)24-10-23-13/h3-8H,2,9-10H2,1H3. The summed E-state index contributed by atoms with van der Waals surface area (Å²) in [6, 6.07) is 11.6. The van der Waals surface area contributed by atoms with Gasteiger partial charge < -0.3 is 14.0 Å². The molecule has 1 aliphatic heterocycles. The van der Waals surface area contributed by atoms with Gasteiger partial charge in [0.2, 0.25) is 6.79 Å². The molecule has 0 N–H and O–H groups in total. The molecule has 0 unspecified atom stereocenters. The highest BCUT2D eigenvalue weighted by Crippen LogP contribution is 2.32. The Morgan fingerprint density at radius 2 is 2.12 bits per heavy atom. The number of aromatic nitrogens is 1. The van der Waals surface area contributed by atoms with Crippen molar-refractivity contribution < 1.29 is 14.3 Å². The van der Waals surface area contributed by atoms with Gasteiger partial charge in [0, 0.05) is 11.0 Å². The second kappa shape index (κ2) is 6.65. The Labute approximate surface area is 156 Å². The van der Waals surface area contributed by atoms with E-state index in [2.05, 4.69) is 25.5 Å². The van der Waals surface area contributed by atoms with Crippen molar-refractivity contribution in [2.75, 3.05) is 6.79 Å². The lowest BCUT2D eigenvalue weighted by atomic mass is 10.1. The summed E-state index contributed by atoms with van der Waals surface area (Å²) in [5.41, 5.74) is 1.94. The first-order valence-electron chi connectivity index (χ1n) is 7.89. The summed E-state index contributed by atoms with van der Waals surface area (Å²) < 4.78 is 14.8. The Hall–Kier alpha value is -2.12. The number of thiazole rings is 1. The van der Waals surface area contributed by atoms with Gasteiger partial charge in [-0.1, -0.05) is 23.5 Å². The number of para-hydroxylation sites is 1.